The van der Waals surface area contributed by atoms with Crippen LogP contribution in [0, 0.1) is 0 Å². The average Bonchev–Trinajstić information content (AvgIpc) is 1.85. The van der Waals surface area contributed by atoms with Crippen LogP contribution in [0.4, 0.5) is 0 Å². The molecule has 1 rings (SSSR count). The monoisotopic (exact) mass is 157 g/mol. The van der Waals surface area contributed by atoms with Crippen LogP contribution in [0.1, 0.15) is 6.42 Å². The Bertz CT molecular complexity index is 266. The second-order valence-electron chi connectivity index (χ2n) is 1.77. The number of aliphatic imine (C=N–C) groups is 1. The van der Waals surface area contributed by atoms with Gasteiger partial charge in [0, 0.05) is 0 Å². The predicted molar refractivity (Wildman–Crippen MR) is 30.8 cm³/mol. The van der Waals surface area contributed by atoms with Crippen molar-refractivity contribution < 1.29 is 24.2 Å². The lowest BCUT2D eigenvalue weighted by Gasteiger charge is -2.05. The molecule has 1 aliphatic heterocycles. The Morgan fingerprint density at radius 2 is 2.18 bits per heavy atom. The molecule has 0 aromatic carbocycles. The third-order valence-electron chi connectivity index (χ3n) is 0.915. The van der Waals surface area contributed by atoms with E-state index in [2.05, 4.69) is 9.73 Å². The number of nitrogens with zero attached hydrogens (tertiary/aromatic N) is 1. The van der Waals surface area contributed by atoms with Gasteiger partial charge in [-0.1, -0.05) is 0 Å². The van der Waals surface area contributed by atoms with E-state index in [1.165, 1.54) is 0 Å². The first-order chi connectivity index (χ1) is 5.09. The van der Waals surface area contributed by atoms with Crippen LogP contribution in [-0.2, 0) is 19.1 Å². The minimum Gasteiger partial charge on any atom is -0.474 e. The van der Waals surface area contributed by atoms with E-state index in [9.17, 15) is 14.4 Å². The van der Waals surface area contributed by atoms with E-state index in [0.29, 0.717) is 0 Å². The number of rotatable bonds is 1. The van der Waals surface area contributed by atoms with Crippen molar-refractivity contribution in [1.29, 1.82) is 0 Å². The van der Waals surface area contributed by atoms with Crippen LogP contribution in [0.2, 0.25) is 0 Å². The van der Waals surface area contributed by atoms with Crippen LogP contribution in [0.25, 0.3) is 0 Å². The van der Waals surface area contributed by atoms with Gasteiger partial charge in [-0.2, -0.15) is 4.99 Å². The Morgan fingerprint density at radius 3 is 2.64 bits per heavy atom. The largest absolute Gasteiger partial charge is 0.474 e. The van der Waals surface area contributed by atoms with E-state index in [1.54, 1.807) is 0 Å². The molecule has 0 spiro atoms. The molecule has 11 heavy (non-hydrogen) atoms. The second kappa shape index (κ2) is 2.49. The third-order valence-corrected chi connectivity index (χ3v) is 0.915. The third kappa shape index (κ3) is 1.60. The SMILES string of the molecule is O=C1CC(=O)OC(C(=O)O)=N1. The van der Waals surface area contributed by atoms with Gasteiger partial charge in [0.1, 0.15) is 6.42 Å². The number of aliphatic carboxylic acids is 1. The summed E-state index contributed by atoms with van der Waals surface area (Å²) in [5.74, 6) is -4.06. The summed E-state index contributed by atoms with van der Waals surface area (Å²) in [6.07, 6.45) is -0.489. The maximum absolute atomic E-state index is 10.4. The number of cyclic esters (lactones) is 1. The van der Waals surface area contributed by atoms with Gasteiger partial charge in [0.2, 0.25) is 0 Å². The summed E-state index contributed by atoms with van der Waals surface area (Å²) in [5.41, 5.74) is 0. The van der Waals surface area contributed by atoms with Gasteiger partial charge >= 0.3 is 17.8 Å². The fraction of sp³-hybridized carbons (Fsp3) is 0.200. The van der Waals surface area contributed by atoms with Gasteiger partial charge in [0.05, 0.1) is 0 Å². The van der Waals surface area contributed by atoms with Gasteiger partial charge in [0.25, 0.3) is 5.91 Å². The molecule has 1 aliphatic rings. The molecule has 6 heteroatoms. The first-order valence-corrected chi connectivity index (χ1v) is 2.65. The molecule has 0 unspecified atom stereocenters. The molecule has 1 heterocycles. The van der Waals surface area contributed by atoms with E-state index in [-0.39, 0.29) is 0 Å². The van der Waals surface area contributed by atoms with E-state index >= 15 is 0 Å². The molecule has 0 saturated carbocycles. The fourth-order valence-electron chi connectivity index (χ4n) is 0.534. The van der Waals surface area contributed by atoms with Gasteiger partial charge in [-0.3, -0.25) is 9.59 Å². The zero-order valence-corrected chi connectivity index (χ0v) is 5.23. The maximum Gasteiger partial charge on any atom is 0.392 e. The van der Waals surface area contributed by atoms with Crippen LogP contribution in [-0.4, -0.2) is 28.9 Å². The Labute approximate surface area is 60.5 Å². The molecular formula is C5H3NO5. The fourth-order valence-corrected chi connectivity index (χ4v) is 0.534. The van der Waals surface area contributed by atoms with Crippen molar-refractivity contribution in [3.05, 3.63) is 0 Å². The zero-order valence-electron chi connectivity index (χ0n) is 5.23. The summed E-state index contributed by atoms with van der Waals surface area (Å²) >= 11 is 0. The minimum atomic E-state index is -1.52. The lowest BCUT2D eigenvalue weighted by molar-refractivity contribution is -0.144. The highest BCUT2D eigenvalue weighted by Gasteiger charge is 2.25. The van der Waals surface area contributed by atoms with E-state index in [4.69, 9.17) is 5.11 Å². The Morgan fingerprint density at radius 1 is 1.55 bits per heavy atom. The summed E-state index contributed by atoms with van der Waals surface area (Å²) in [6.45, 7) is 0. The Hall–Kier alpha value is -1.72. The van der Waals surface area contributed by atoms with Crippen molar-refractivity contribution in [1.82, 2.24) is 0 Å². The number of carboxylic acid groups (broad SMARTS) is 1. The lowest BCUT2D eigenvalue weighted by atomic mass is 10.4. The molecule has 6 nitrogen and oxygen atoms in total. The van der Waals surface area contributed by atoms with Crippen LogP contribution < -0.4 is 0 Å². The van der Waals surface area contributed by atoms with Gasteiger partial charge in [-0.15, -0.1) is 0 Å². The van der Waals surface area contributed by atoms with Crippen molar-refractivity contribution in [2.24, 2.45) is 4.99 Å². The second-order valence-corrected chi connectivity index (χ2v) is 1.77. The quantitative estimate of drug-likeness (QED) is 0.387. The molecule has 0 aliphatic carbocycles. The standard InChI is InChI=1S/C5H3NO5/c7-2-1-3(8)11-4(6-2)5(9)10/h1H2,(H,9,10). The highest BCUT2D eigenvalue weighted by molar-refractivity contribution is 6.37. The number of carbonyl (C=O) groups excluding carboxylic acids is 2. The molecule has 1 N–H and O–H groups in total. The molecule has 0 aromatic heterocycles. The smallest absolute Gasteiger partial charge is 0.392 e. The number of carboxylic acids is 1. The van der Waals surface area contributed by atoms with Crippen LogP contribution in [0.5, 0.6) is 0 Å². The van der Waals surface area contributed by atoms with Crippen molar-refractivity contribution >= 4 is 23.7 Å². The van der Waals surface area contributed by atoms with Crippen molar-refractivity contribution in [3.8, 4) is 0 Å². The molecule has 58 valence electrons. The van der Waals surface area contributed by atoms with Gasteiger partial charge in [0.15, 0.2) is 0 Å². The van der Waals surface area contributed by atoms with Crippen molar-refractivity contribution in [3.63, 3.8) is 0 Å². The number of hydrogen-bond donors (Lipinski definition) is 1. The Balaban J connectivity index is 2.89. The predicted octanol–water partition coefficient (Wildman–Crippen LogP) is -1.06. The number of esters is 1. The van der Waals surface area contributed by atoms with Gasteiger partial charge in [-0.05, 0) is 0 Å². The zero-order chi connectivity index (χ0) is 8.43. The number of ether oxygens (including phenoxy) is 1. The molecule has 0 fully saturated rings. The van der Waals surface area contributed by atoms with Crippen LogP contribution in [0.3, 0.4) is 0 Å². The summed E-state index contributed by atoms with van der Waals surface area (Å²) in [5, 5.41) is 8.21. The minimum absolute atomic E-state index is 0.489. The molecule has 0 aromatic rings. The lowest BCUT2D eigenvalue weighted by Crippen LogP contribution is -2.28. The number of amides is 1. The topological polar surface area (TPSA) is 93.0 Å². The van der Waals surface area contributed by atoms with Gasteiger partial charge < -0.3 is 9.84 Å². The summed E-state index contributed by atoms with van der Waals surface area (Å²) in [4.78, 5) is 33.9. The van der Waals surface area contributed by atoms with E-state index in [0.717, 1.165) is 0 Å². The highest BCUT2D eigenvalue weighted by atomic mass is 16.6. The maximum atomic E-state index is 10.4. The molecule has 0 bridgehead atoms. The van der Waals surface area contributed by atoms with Crippen molar-refractivity contribution in [2.75, 3.05) is 0 Å². The van der Waals surface area contributed by atoms with E-state index in [1.807, 2.05) is 0 Å². The molecule has 0 atom stereocenters. The summed E-state index contributed by atoms with van der Waals surface area (Å²) < 4.78 is 4.11. The van der Waals surface area contributed by atoms with Crippen LogP contribution >= 0.6 is 0 Å². The number of hydrogen-bond acceptors (Lipinski definition) is 4. The normalized spacial score (nSPS) is 17.3. The van der Waals surface area contributed by atoms with Crippen LogP contribution in [0.15, 0.2) is 4.99 Å². The van der Waals surface area contributed by atoms with Gasteiger partial charge in [-0.25, -0.2) is 4.79 Å². The molecule has 1 amide bonds. The molecule has 0 radical (unpaired) electrons. The summed E-state index contributed by atoms with van der Waals surface area (Å²) in [7, 11) is 0. The van der Waals surface area contributed by atoms with Crippen molar-refractivity contribution in [2.45, 2.75) is 6.42 Å². The Kier molecular flexibility index (Phi) is 1.67. The first-order valence-electron chi connectivity index (χ1n) is 2.65. The molecule has 0 saturated heterocycles. The number of carbonyl (C=O) groups is 3. The highest BCUT2D eigenvalue weighted by Crippen LogP contribution is 2.00. The molecular weight excluding hydrogens is 154 g/mol. The summed E-state index contributed by atoms with van der Waals surface area (Å²) in [6, 6.07) is 0. The van der Waals surface area contributed by atoms with E-state index < -0.39 is 30.2 Å². The first kappa shape index (κ1) is 7.39. The average molecular weight is 157 g/mol.